The zero-order valence-corrected chi connectivity index (χ0v) is 16.9. The molecule has 2 saturated carbocycles. The maximum atomic E-state index is 11.5. The van der Waals surface area contributed by atoms with Crippen LogP contribution >= 0.6 is 0 Å². The van der Waals surface area contributed by atoms with Gasteiger partial charge in [0, 0.05) is 18.2 Å². The molecule has 0 bridgehead atoms. The van der Waals surface area contributed by atoms with Crippen molar-refractivity contribution < 1.29 is 9.53 Å². The van der Waals surface area contributed by atoms with Gasteiger partial charge in [-0.1, -0.05) is 0 Å². The van der Waals surface area contributed by atoms with E-state index in [1.165, 1.54) is 5.56 Å². The van der Waals surface area contributed by atoms with E-state index in [9.17, 15) is 4.79 Å². The van der Waals surface area contributed by atoms with Crippen molar-refractivity contribution in [1.82, 2.24) is 19.5 Å². The zero-order chi connectivity index (χ0) is 19.7. The van der Waals surface area contributed by atoms with Crippen molar-refractivity contribution in [3.05, 3.63) is 24.2 Å². The first kappa shape index (κ1) is 19.2. The second kappa shape index (κ2) is 8.07. The molecule has 7 nitrogen and oxygen atoms in total. The van der Waals surface area contributed by atoms with Gasteiger partial charge in [-0.15, -0.1) is 0 Å². The number of hydrogen-bond donors (Lipinski definition) is 1. The highest BCUT2D eigenvalue weighted by molar-refractivity contribution is 5.76. The number of rotatable bonds is 5. The Bertz CT molecular complexity index is 817. The highest BCUT2D eigenvalue weighted by Crippen LogP contribution is 2.39. The van der Waals surface area contributed by atoms with Crippen LogP contribution in [0.25, 0.3) is 5.52 Å². The van der Waals surface area contributed by atoms with E-state index in [0.717, 1.165) is 56.9 Å². The molecule has 152 valence electrons. The molecular weight excluding hydrogens is 354 g/mol. The van der Waals surface area contributed by atoms with Gasteiger partial charge in [-0.25, -0.2) is 4.52 Å². The van der Waals surface area contributed by atoms with Crippen molar-refractivity contribution in [2.45, 2.75) is 69.4 Å². The van der Waals surface area contributed by atoms with Crippen molar-refractivity contribution in [1.29, 1.82) is 0 Å². The number of hydrogen-bond acceptors (Lipinski definition) is 5. The third-order valence-electron chi connectivity index (χ3n) is 6.67. The summed E-state index contributed by atoms with van der Waals surface area (Å²) in [5.74, 6) is 0.948. The minimum Gasteiger partial charge on any atom is -0.473 e. The Morgan fingerprint density at radius 2 is 1.86 bits per heavy atom. The van der Waals surface area contributed by atoms with Crippen LogP contribution in [0.15, 0.2) is 18.6 Å². The second-order valence-electron chi connectivity index (χ2n) is 8.59. The maximum Gasteiger partial charge on any atom is 0.242 e. The molecular formula is C21H31N5O2. The van der Waals surface area contributed by atoms with Crippen LogP contribution in [0, 0.1) is 5.92 Å². The van der Waals surface area contributed by atoms with Crippen LogP contribution in [0.5, 0.6) is 5.88 Å². The van der Waals surface area contributed by atoms with E-state index in [4.69, 9.17) is 10.5 Å². The fourth-order valence-electron chi connectivity index (χ4n) is 4.89. The number of aromatic nitrogens is 3. The third kappa shape index (κ3) is 3.85. The first-order chi connectivity index (χ1) is 13.5. The molecule has 2 aliphatic carbocycles. The van der Waals surface area contributed by atoms with Gasteiger partial charge in [0.1, 0.15) is 17.9 Å². The Balaban J connectivity index is 1.51. The molecule has 2 fully saturated rings. The first-order valence-electron chi connectivity index (χ1n) is 10.5. The molecule has 7 heteroatoms. The lowest BCUT2D eigenvalue weighted by Crippen LogP contribution is -2.35. The molecule has 2 N–H and O–H groups in total. The van der Waals surface area contributed by atoms with E-state index < -0.39 is 0 Å². The molecule has 2 aromatic rings. The Kier molecular flexibility index (Phi) is 5.53. The topological polar surface area (TPSA) is 85.8 Å². The van der Waals surface area contributed by atoms with Crippen molar-refractivity contribution in [2.75, 3.05) is 14.1 Å². The molecule has 1 amide bonds. The summed E-state index contributed by atoms with van der Waals surface area (Å²) in [5.41, 5.74) is 7.71. The Labute approximate surface area is 166 Å². The van der Waals surface area contributed by atoms with Gasteiger partial charge in [0.25, 0.3) is 0 Å². The lowest BCUT2D eigenvalue weighted by molar-refractivity contribution is -0.122. The van der Waals surface area contributed by atoms with Crippen LogP contribution in [-0.4, -0.2) is 51.6 Å². The maximum absolute atomic E-state index is 11.5. The van der Waals surface area contributed by atoms with Crippen LogP contribution in [-0.2, 0) is 4.79 Å². The minimum atomic E-state index is -0.166. The number of primary amides is 1. The molecule has 0 aliphatic heterocycles. The fraction of sp³-hybridized carbons (Fsp3) is 0.667. The van der Waals surface area contributed by atoms with Crippen molar-refractivity contribution in [2.24, 2.45) is 11.7 Å². The monoisotopic (exact) mass is 385 g/mol. The number of amides is 1. The molecule has 0 atom stereocenters. The molecule has 2 heterocycles. The van der Waals surface area contributed by atoms with E-state index >= 15 is 0 Å². The molecule has 4 rings (SSSR count). The van der Waals surface area contributed by atoms with Gasteiger partial charge < -0.3 is 15.4 Å². The fourth-order valence-corrected chi connectivity index (χ4v) is 4.89. The average Bonchev–Trinajstić information content (AvgIpc) is 3.14. The Hall–Kier alpha value is -2.15. The smallest absolute Gasteiger partial charge is 0.242 e. The molecule has 2 aromatic heterocycles. The van der Waals surface area contributed by atoms with E-state index in [1.54, 1.807) is 6.33 Å². The molecule has 2 aliphatic rings. The highest BCUT2D eigenvalue weighted by Gasteiger charge is 2.29. The molecule has 0 unspecified atom stereocenters. The lowest BCUT2D eigenvalue weighted by Gasteiger charge is -2.32. The largest absolute Gasteiger partial charge is 0.473 e. The van der Waals surface area contributed by atoms with Gasteiger partial charge in [-0.05, 0) is 83.0 Å². The molecule has 0 saturated heterocycles. The first-order valence-corrected chi connectivity index (χ1v) is 10.5. The zero-order valence-electron chi connectivity index (χ0n) is 16.9. The van der Waals surface area contributed by atoms with Crippen molar-refractivity contribution in [3.63, 3.8) is 0 Å². The van der Waals surface area contributed by atoms with Gasteiger partial charge >= 0.3 is 0 Å². The molecule has 0 spiro atoms. The number of nitrogens with two attached hydrogens (primary N) is 1. The Morgan fingerprint density at radius 3 is 2.50 bits per heavy atom. The van der Waals surface area contributed by atoms with Gasteiger partial charge in [-0.2, -0.15) is 10.1 Å². The minimum absolute atomic E-state index is 0.0176. The highest BCUT2D eigenvalue weighted by atomic mass is 16.5. The van der Waals surface area contributed by atoms with Crippen LogP contribution in [0.2, 0.25) is 0 Å². The number of carbonyl (C=O) groups is 1. The van der Waals surface area contributed by atoms with Gasteiger partial charge in [0.15, 0.2) is 0 Å². The molecule has 0 aromatic carbocycles. The number of ether oxygens (including phenoxy) is 1. The summed E-state index contributed by atoms with van der Waals surface area (Å²) in [6.45, 7) is 0. The van der Waals surface area contributed by atoms with E-state index in [0.29, 0.717) is 17.8 Å². The standard InChI is InChI=1S/C21H31N5O2/c1-25(2)16-7-9-17(10-8-16)28-21-19-18(11-12-26(19)24-13-23-21)14-3-5-15(6-4-14)20(22)27/h11-17H,3-10H2,1-2H3,(H2,22,27). The van der Waals surface area contributed by atoms with Gasteiger partial charge in [-0.3, -0.25) is 4.79 Å². The van der Waals surface area contributed by atoms with Crippen molar-refractivity contribution >= 4 is 11.4 Å². The quantitative estimate of drug-likeness (QED) is 0.855. The third-order valence-corrected chi connectivity index (χ3v) is 6.67. The number of fused-ring (bicyclic) bond motifs is 1. The normalized spacial score (nSPS) is 28.5. The van der Waals surface area contributed by atoms with E-state index in [-0.39, 0.29) is 17.9 Å². The summed E-state index contributed by atoms with van der Waals surface area (Å²) in [7, 11) is 4.30. The summed E-state index contributed by atoms with van der Waals surface area (Å²) >= 11 is 0. The predicted octanol–water partition coefficient (Wildman–Crippen LogP) is 2.74. The van der Waals surface area contributed by atoms with E-state index in [1.807, 2.05) is 10.7 Å². The molecule has 0 radical (unpaired) electrons. The SMILES string of the molecule is CN(C)C1CCC(Oc2ncnn3ccc(C4CCC(C(N)=O)CC4)c23)CC1. The number of nitrogens with zero attached hydrogens (tertiary/aromatic N) is 4. The predicted molar refractivity (Wildman–Crippen MR) is 107 cm³/mol. The molecule has 28 heavy (non-hydrogen) atoms. The Morgan fingerprint density at radius 1 is 1.14 bits per heavy atom. The van der Waals surface area contributed by atoms with Crippen LogP contribution in [0.1, 0.15) is 62.8 Å². The summed E-state index contributed by atoms with van der Waals surface area (Å²) in [4.78, 5) is 18.3. The second-order valence-corrected chi connectivity index (χ2v) is 8.59. The summed E-state index contributed by atoms with van der Waals surface area (Å²) in [5, 5.41) is 4.37. The van der Waals surface area contributed by atoms with Crippen LogP contribution in [0.3, 0.4) is 0 Å². The van der Waals surface area contributed by atoms with Gasteiger partial charge in [0.05, 0.1) is 0 Å². The van der Waals surface area contributed by atoms with Gasteiger partial charge in [0.2, 0.25) is 11.8 Å². The summed E-state index contributed by atoms with van der Waals surface area (Å²) in [6, 6.07) is 2.78. The van der Waals surface area contributed by atoms with Crippen LogP contribution in [0.4, 0.5) is 0 Å². The lowest BCUT2D eigenvalue weighted by atomic mass is 9.78. The summed E-state index contributed by atoms with van der Waals surface area (Å²) < 4.78 is 8.26. The average molecular weight is 386 g/mol. The van der Waals surface area contributed by atoms with Crippen molar-refractivity contribution in [3.8, 4) is 5.88 Å². The van der Waals surface area contributed by atoms with E-state index in [2.05, 4.69) is 35.1 Å². The summed E-state index contributed by atoms with van der Waals surface area (Å²) in [6.07, 6.45) is 11.8. The van der Waals surface area contributed by atoms with Crippen LogP contribution < -0.4 is 10.5 Å². The number of carbonyl (C=O) groups excluding carboxylic acids is 1.